The van der Waals surface area contributed by atoms with Crippen LogP contribution < -0.4 is 5.32 Å². The molecule has 0 radical (unpaired) electrons. The first kappa shape index (κ1) is 27.0. The van der Waals surface area contributed by atoms with E-state index in [9.17, 15) is 26.4 Å². The minimum Gasteiger partial charge on any atom is -0.322 e. The summed E-state index contributed by atoms with van der Waals surface area (Å²) >= 11 is 0. The summed E-state index contributed by atoms with van der Waals surface area (Å²) in [6, 6.07) is 19.2. The number of amides is 1. The molecule has 0 unspecified atom stereocenters. The second-order valence-corrected chi connectivity index (χ2v) is 11.2. The Morgan fingerprint density at radius 2 is 1.65 bits per heavy atom. The molecule has 0 spiro atoms. The molecule has 0 aliphatic heterocycles. The zero-order valence-corrected chi connectivity index (χ0v) is 22.0. The van der Waals surface area contributed by atoms with Gasteiger partial charge in [0.15, 0.2) is 5.65 Å². The lowest BCUT2D eigenvalue weighted by Crippen LogP contribution is -2.22. The molecular weight excluding hydrogens is 543 g/mol. The van der Waals surface area contributed by atoms with Crippen LogP contribution in [0.4, 0.5) is 18.9 Å². The van der Waals surface area contributed by atoms with Crippen LogP contribution in [0, 0.1) is 0 Å². The van der Waals surface area contributed by atoms with E-state index in [1.807, 2.05) is 0 Å². The van der Waals surface area contributed by atoms with Gasteiger partial charge in [0.05, 0.1) is 22.3 Å². The van der Waals surface area contributed by atoms with Crippen LogP contribution >= 0.6 is 0 Å². The van der Waals surface area contributed by atoms with Crippen molar-refractivity contribution in [2.45, 2.75) is 11.1 Å². The number of anilines is 1. The number of halogens is 3. The maximum atomic E-state index is 13.1. The van der Waals surface area contributed by atoms with Crippen molar-refractivity contribution in [1.82, 2.24) is 18.9 Å². The molecule has 1 N–H and O–H groups in total. The second-order valence-electron chi connectivity index (χ2n) is 9.05. The van der Waals surface area contributed by atoms with Crippen LogP contribution in [-0.4, -0.2) is 47.3 Å². The Kier molecular flexibility index (Phi) is 6.90. The van der Waals surface area contributed by atoms with Crippen LogP contribution in [0.2, 0.25) is 0 Å². The van der Waals surface area contributed by atoms with Crippen LogP contribution in [0.25, 0.3) is 28.0 Å². The molecule has 8 nitrogen and oxygen atoms in total. The van der Waals surface area contributed by atoms with Gasteiger partial charge in [-0.15, -0.1) is 0 Å². The Bertz CT molecular complexity index is 1830. The molecule has 0 saturated heterocycles. The summed E-state index contributed by atoms with van der Waals surface area (Å²) in [4.78, 5) is 17.3. The second kappa shape index (κ2) is 10.2. The van der Waals surface area contributed by atoms with Crippen molar-refractivity contribution < 1.29 is 26.4 Å². The van der Waals surface area contributed by atoms with E-state index in [4.69, 9.17) is 0 Å². The van der Waals surface area contributed by atoms with Crippen molar-refractivity contribution in [2.24, 2.45) is 0 Å². The average Bonchev–Trinajstić information content (AvgIpc) is 3.37. The van der Waals surface area contributed by atoms with Crippen molar-refractivity contribution in [2.75, 3.05) is 19.4 Å². The number of fused-ring (bicyclic) bond motifs is 1. The molecule has 12 heteroatoms. The predicted molar refractivity (Wildman–Crippen MR) is 144 cm³/mol. The number of benzene rings is 3. The first-order chi connectivity index (χ1) is 18.9. The largest absolute Gasteiger partial charge is 0.416 e. The summed E-state index contributed by atoms with van der Waals surface area (Å²) < 4.78 is 66.7. The number of carbonyl (C=O) groups is 1. The fourth-order valence-electron chi connectivity index (χ4n) is 4.13. The molecule has 40 heavy (non-hydrogen) atoms. The highest BCUT2D eigenvalue weighted by Crippen LogP contribution is 2.31. The number of rotatable bonds is 6. The normalized spacial score (nSPS) is 12.2. The summed E-state index contributed by atoms with van der Waals surface area (Å²) in [5.41, 5.74) is 2.62. The topological polar surface area (TPSA) is 96.7 Å². The van der Waals surface area contributed by atoms with Gasteiger partial charge >= 0.3 is 6.18 Å². The Hall–Kier alpha value is -4.55. The standard InChI is InChI=1S/C28H22F3N5O3S/c1-35(2)40(38,39)23-11-9-18(10-12-23)24-17-33-36-25(13-14-32-26(24)36)19-5-4-8-22(16-19)34-27(37)20-6-3-7-21(15-20)28(29,30)31/h3-17H,1-2H3,(H,34,37). The molecule has 0 atom stereocenters. The van der Waals surface area contributed by atoms with Gasteiger partial charge in [0.25, 0.3) is 5.91 Å². The number of hydrogen-bond donors (Lipinski definition) is 1. The van der Waals surface area contributed by atoms with E-state index < -0.39 is 27.7 Å². The molecule has 0 aliphatic carbocycles. The summed E-state index contributed by atoms with van der Waals surface area (Å²) in [6.07, 6.45) is -1.33. The number of aromatic nitrogens is 3. The monoisotopic (exact) mass is 565 g/mol. The Balaban J connectivity index is 1.44. The first-order valence-electron chi connectivity index (χ1n) is 11.9. The Morgan fingerprint density at radius 1 is 0.925 bits per heavy atom. The van der Waals surface area contributed by atoms with Gasteiger partial charge < -0.3 is 5.32 Å². The molecule has 2 aromatic heterocycles. The summed E-state index contributed by atoms with van der Waals surface area (Å²) in [5.74, 6) is -0.677. The van der Waals surface area contributed by atoms with Gasteiger partial charge in [-0.1, -0.05) is 30.3 Å². The van der Waals surface area contributed by atoms with E-state index in [0.717, 1.165) is 22.0 Å². The molecule has 0 aliphatic rings. The van der Waals surface area contributed by atoms with E-state index in [0.29, 0.717) is 28.2 Å². The van der Waals surface area contributed by atoms with E-state index in [1.54, 1.807) is 59.4 Å². The lowest BCUT2D eigenvalue weighted by molar-refractivity contribution is -0.137. The highest BCUT2D eigenvalue weighted by molar-refractivity contribution is 7.89. The van der Waals surface area contributed by atoms with Crippen molar-refractivity contribution in [3.05, 3.63) is 102 Å². The zero-order valence-electron chi connectivity index (χ0n) is 21.2. The van der Waals surface area contributed by atoms with Crippen molar-refractivity contribution in [3.63, 3.8) is 0 Å². The van der Waals surface area contributed by atoms with Crippen LogP contribution in [0.1, 0.15) is 15.9 Å². The van der Waals surface area contributed by atoms with Gasteiger partial charge in [0.1, 0.15) is 0 Å². The Morgan fingerprint density at radius 3 is 2.35 bits per heavy atom. The number of alkyl halides is 3. The van der Waals surface area contributed by atoms with Gasteiger partial charge in [0.2, 0.25) is 10.0 Å². The molecule has 0 saturated carbocycles. The zero-order chi connectivity index (χ0) is 28.7. The minimum absolute atomic E-state index is 0.118. The highest BCUT2D eigenvalue weighted by atomic mass is 32.2. The lowest BCUT2D eigenvalue weighted by Gasteiger charge is -2.11. The molecule has 204 valence electrons. The van der Waals surface area contributed by atoms with Gasteiger partial charge in [-0.25, -0.2) is 22.2 Å². The maximum Gasteiger partial charge on any atom is 0.416 e. The molecular formula is C28H22F3N5O3S. The average molecular weight is 566 g/mol. The number of carbonyl (C=O) groups excluding carboxylic acids is 1. The van der Waals surface area contributed by atoms with E-state index in [1.165, 1.54) is 38.4 Å². The van der Waals surface area contributed by atoms with Crippen LogP contribution in [0.15, 0.2) is 96.2 Å². The molecule has 3 aromatic carbocycles. The van der Waals surface area contributed by atoms with Gasteiger partial charge in [-0.05, 0) is 54.1 Å². The molecule has 1 amide bonds. The highest BCUT2D eigenvalue weighted by Gasteiger charge is 2.31. The predicted octanol–water partition coefficient (Wildman–Crippen LogP) is 5.58. The van der Waals surface area contributed by atoms with Crippen molar-refractivity contribution in [3.8, 4) is 22.4 Å². The minimum atomic E-state index is -4.56. The van der Waals surface area contributed by atoms with E-state index >= 15 is 0 Å². The SMILES string of the molecule is CN(C)S(=O)(=O)c1ccc(-c2cnn3c(-c4cccc(NC(=O)c5cccc(C(F)(F)F)c5)c4)ccnc23)cc1. The van der Waals surface area contributed by atoms with Gasteiger partial charge in [0, 0.05) is 42.7 Å². The number of sulfonamides is 1. The van der Waals surface area contributed by atoms with E-state index in [-0.39, 0.29) is 10.5 Å². The maximum absolute atomic E-state index is 13.1. The number of nitrogens with zero attached hydrogens (tertiary/aromatic N) is 4. The molecule has 5 rings (SSSR count). The quantitative estimate of drug-likeness (QED) is 0.290. The third kappa shape index (κ3) is 5.18. The van der Waals surface area contributed by atoms with Crippen molar-refractivity contribution in [1.29, 1.82) is 0 Å². The lowest BCUT2D eigenvalue weighted by atomic mass is 10.1. The fourth-order valence-corrected chi connectivity index (χ4v) is 5.03. The summed E-state index contributed by atoms with van der Waals surface area (Å²) in [5, 5.41) is 7.12. The molecule has 0 bridgehead atoms. The smallest absolute Gasteiger partial charge is 0.322 e. The third-order valence-electron chi connectivity index (χ3n) is 6.21. The molecule has 5 aromatic rings. The number of hydrogen-bond acceptors (Lipinski definition) is 5. The summed E-state index contributed by atoms with van der Waals surface area (Å²) in [6.45, 7) is 0. The van der Waals surface area contributed by atoms with Gasteiger partial charge in [-0.3, -0.25) is 4.79 Å². The van der Waals surface area contributed by atoms with Crippen molar-refractivity contribution >= 4 is 27.3 Å². The third-order valence-corrected chi connectivity index (χ3v) is 8.04. The van der Waals surface area contributed by atoms with Gasteiger partial charge in [-0.2, -0.15) is 18.3 Å². The Labute approximate surface area is 227 Å². The molecule has 0 fully saturated rings. The van der Waals surface area contributed by atoms with Crippen LogP contribution in [0.5, 0.6) is 0 Å². The summed E-state index contributed by atoms with van der Waals surface area (Å²) in [7, 11) is -0.642. The number of nitrogens with one attached hydrogen (secondary N) is 1. The van der Waals surface area contributed by atoms with E-state index in [2.05, 4.69) is 15.4 Å². The first-order valence-corrected chi connectivity index (χ1v) is 13.3. The fraction of sp³-hybridized carbons (Fsp3) is 0.107. The van der Waals surface area contributed by atoms with Crippen LogP contribution in [-0.2, 0) is 16.2 Å². The molecule has 2 heterocycles. The van der Waals surface area contributed by atoms with Crippen LogP contribution in [0.3, 0.4) is 0 Å².